The first-order chi connectivity index (χ1) is 9.60. The van der Waals surface area contributed by atoms with Crippen LogP contribution in [0.15, 0.2) is 36.4 Å². The largest absolute Gasteiger partial charge is 0.463 e. The van der Waals surface area contributed by atoms with Gasteiger partial charge in [0.2, 0.25) is 5.82 Å². The maximum Gasteiger partial charge on any atom is 0.335 e. The number of esters is 1. The minimum absolute atomic E-state index is 0.131. The molecule has 6 nitrogen and oxygen atoms in total. The van der Waals surface area contributed by atoms with Crippen molar-refractivity contribution in [2.24, 2.45) is 0 Å². The van der Waals surface area contributed by atoms with Gasteiger partial charge in [0.25, 0.3) is 0 Å². The van der Waals surface area contributed by atoms with Crippen LogP contribution in [0.25, 0.3) is 11.4 Å². The second-order valence-electron chi connectivity index (χ2n) is 3.98. The van der Waals surface area contributed by atoms with Crippen LogP contribution in [0.2, 0.25) is 5.02 Å². The van der Waals surface area contributed by atoms with Crippen molar-refractivity contribution in [3.8, 4) is 11.4 Å². The lowest BCUT2D eigenvalue weighted by Crippen LogP contribution is -2.14. The second-order valence-corrected chi connectivity index (χ2v) is 4.41. The predicted molar refractivity (Wildman–Crippen MR) is 74.0 cm³/mol. The van der Waals surface area contributed by atoms with Crippen molar-refractivity contribution in [1.82, 2.24) is 20.2 Å². The normalized spacial score (nSPS) is 10.3. The lowest BCUT2D eigenvalue weighted by atomic mass is 10.2. The topological polar surface area (TPSA) is 69.9 Å². The first kappa shape index (κ1) is 14.2. The van der Waals surface area contributed by atoms with E-state index in [9.17, 15) is 4.79 Å². The van der Waals surface area contributed by atoms with Crippen LogP contribution < -0.4 is 0 Å². The van der Waals surface area contributed by atoms with Gasteiger partial charge in [0.15, 0.2) is 0 Å². The molecule has 0 saturated carbocycles. The predicted octanol–water partition coefficient (Wildman–Crippen LogP) is 2.11. The molecule has 0 aliphatic rings. The molecule has 20 heavy (non-hydrogen) atoms. The van der Waals surface area contributed by atoms with E-state index in [2.05, 4.69) is 22.0 Å². The number of hydrogen-bond donors (Lipinski definition) is 0. The fourth-order valence-electron chi connectivity index (χ4n) is 1.52. The molecule has 0 fully saturated rings. The third-order valence-corrected chi connectivity index (χ3v) is 2.67. The third kappa shape index (κ3) is 3.42. The Balaban J connectivity index is 2.10. The van der Waals surface area contributed by atoms with E-state index in [1.165, 1.54) is 4.80 Å². The van der Waals surface area contributed by atoms with Crippen LogP contribution in [0.3, 0.4) is 0 Å². The molecule has 0 unspecified atom stereocenters. The highest BCUT2D eigenvalue weighted by atomic mass is 35.5. The Morgan fingerprint density at radius 3 is 3.00 bits per heavy atom. The van der Waals surface area contributed by atoms with Crippen molar-refractivity contribution < 1.29 is 9.53 Å². The van der Waals surface area contributed by atoms with Gasteiger partial charge in [-0.2, -0.15) is 4.80 Å². The maximum absolute atomic E-state index is 11.4. The SMILES string of the molecule is C=C(Cn1nnc(-c2cccc(Cl)c2)n1)C(=O)OCC. The summed E-state index contributed by atoms with van der Waals surface area (Å²) in [7, 11) is 0. The van der Waals surface area contributed by atoms with Crippen LogP contribution in [-0.4, -0.2) is 32.8 Å². The molecule has 0 N–H and O–H groups in total. The summed E-state index contributed by atoms with van der Waals surface area (Å²) < 4.78 is 4.84. The van der Waals surface area contributed by atoms with E-state index in [0.29, 0.717) is 17.5 Å². The molecule has 0 spiro atoms. The maximum atomic E-state index is 11.4. The molecule has 0 radical (unpaired) electrons. The fourth-order valence-corrected chi connectivity index (χ4v) is 1.71. The Kier molecular flexibility index (Phi) is 4.47. The summed E-state index contributed by atoms with van der Waals surface area (Å²) in [6, 6.07) is 7.13. The molecule has 0 aliphatic heterocycles. The van der Waals surface area contributed by atoms with E-state index in [1.54, 1.807) is 25.1 Å². The third-order valence-electron chi connectivity index (χ3n) is 2.43. The van der Waals surface area contributed by atoms with Gasteiger partial charge in [0.1, 0.15) is 0 Å². The Morgan fingerprint density at radius 1 is 1.50 bits per heavy atom. The van der Waals surface area contributed by atoms with Crippen LogP contribution in [0.4, 0.5) is 0 Å². The molecule has 2 rings (SSSR count). The summed E-state index contributed by atoms with van der Waals surface area (Å²) in [5.41, 5.74) is 1.02. The molecule has 0 amide bonds. The van der Waals surface area contributed by atoms with Gasteiger partial charge >= 0.3 is 5.97 Å². The lowest BCUT2D eigenvalue weighted by molar-refractivity contribution is -0.138. The molecule has 0 aliphatic carbocycles. The van der Waals surface area contributed by atoms with Crippen molar-refractivity contribution in [2.45, 2.75) is 13.5 Å². The van der Waals surface area contributed by atoms with Gasteiger partial charge in [-0.1, -0.05) is 30.3 Å². The number of benzene rings is 1. The highest BCUT2D eigenvalue weighted by Crippen LogP contribution is 2.18. The Morgan fingerprint density at radius 2 is 2.30 bits per heavy atom. The van der Waals surface area contributed by atoms with Gasteiger partial charge in [-0.25, -0.2) is 4.79 Å². The average molecular weight is 293 g/mol. The number of ether oxygens (including phenoxy) is 1. The average Bonchev–Trinajstić information content (AvgIpc) is 2.87. The number of carbonyl (C=O) groups is 1. The summed E-state index contributed by atoms with van der Waals surface area (Å²) in [6.07, 6.45) is 0. The van der Waals surface area contributed by atoms with E-state index in [4.69, 9.17) is 16.3 Å². The first-order valence-electron chi connectivity index (χ1n) is 5.98. The standard InChI is InChI=1S/C13H13ClN4O2/c1-3-20-13(19)9(2)8-18-16-12(15-17-18)10-5-4-6-11(14)7-10/h4-7H,2-3,8H2,1H3. The molecule has 104 valence electrons. The molecule has 1 aromatic heterocycles. The summed E-state index contributed by atoms with van der Waals surface area (Å²) in [4.78, 5) is 12.7. The Labute approximate surface area is 121 Å². The van der Waals surface area contributed by atoms with Gasteiger partial charge in [0, 0.05) is 10.6 Å². The van der Waals surface area contributed by atoms with Crippen molar-refractivity contribution in [3.05, 3.63) is 41.4 Å². The van der Waals surface area contributed by atoms with E-state index in [0.717, 1.165) is 5.56 Å². The number of nitrogens with zero attached hydrogens (tertiary/aromatic N) is 4. The van der Waals surface area contributed by atoms with Gasteiger partial charge in [0.05, 0.1) is 18.7 Å². The molecule has 2 aromatic rings. The summed E-state index contributed by atoms with van der Waals surface area (Å²) in [6.45, 7) is 5.81. The van der Waals surface area contributed by atoms with Gasteiger partial charge < -0.3 is 4.74 Å². The number of rotatable bonds is 5. The minimum atomic E-state index is -0.464. The van der Waals surface area contributed by atoms with E-state index >= 15 is 0 Å². The fraction of sp³-hybridized carbons (Fsp3) is 0.231. The van der Waals surface area contributed by atoms with Gasteiger partial charge in [-0.05, 0) is 24.3 Å². The number of carbonyl (C=O) groups excluding carboxylic acids is 1. The molecule has 0 atom stereocenters. The van der Waals surface area contributed by atoms with Crippen LogP contribution >= 0.6 is 11.6 Å². The lowest BCUT2D eigenvalue weighted by Gasteiger charge is -2.03. The molecular formula is C13H13ClN4O2. The number of halogens is 1. The first-order valence-corrected chi connectivity index (χ1v) is 6.36. The highest BCUT2D eigenvalue weighted by molar-refractivity contribution is 6.30. The zero-order chi connectivity index (χ0) is 14.5. The molecule has 0 bridgehead atoms. The number of aromatic nitrogens is 4. The van der Waals surface area contributed by atoms with Crippen molar-refractivity contribution in [3.63, 3.8) is 0 Å². The van der Waals surface area contributed by atoms with E-state index in [-0.39, 0.29) is 12.1 Å². The zero-order valence-corrected chi connectivity index (χ0v) is 11.7. The second kappa shape index (κ2) is 6.29. The van der Waals surface area contributed by atoms with E-state index in [1.807, 2.05) is 6.07 Å². The molecule has 1 heterocycles. The van der Waals surface area contributed by atoms with Gasteiger partial charge in [-0.15, -0.1) is 10.2 Å². The quantitative estimate of drug-likeness (QED) is 0.623. The molecular weight excluding hydrogens is 280 g/mol. The summed E-state index contributed by atoms with van der Waals surface area (Å²) >= 11 is 5.90. The number of hydrogen-bond acceptors (Lipinski definition) is 5. The van der Waals surface area contributed by atoms with Crippen LogP contribution in [-0.2, 0) is 16.1 Å². The Hall–Kier alpha value is -2.21. The van der Waals surface area contributed by atoms with Crippen molar-refractivity contribution >= 4 is 17.6 Å². The van der Waals surface area contributed by atoms with Crippen LogP contribution in [0, 0.1) is 0 Å². The molecule has 1 aromatic carbocycles. The molecule has 7 heteroatoms. The number of tetrazole rings is 1. The Bertz CT molecular complexity index is 639. The summed E-state index contributed by atoms with van der Waals surface area (Å²) in [5.74, 6) is -0.0294. The highest BCUT2D eigenvalue weighted by Gasteiger charge is 2.12. The molecule has 0 saturated heterocycles. The van der Waals surface area contributed by atoms with Crippen molar-refractivity contribution in [1.29, 1.82) is 0 Å². The smallest absolute Gasteiger partial charge is 0.335 e. The minimum Gasteiger partial charge on any atom is -0.463 e. The summed E-state index contributed by atoms with van der Waals surface area (Å²) in [5, 5.41) is 12.5. The van der Waals surface area contributed by atoms with Crippen LogP contribution in [0.5, 0.6) is 0 Å². The van der Waals surface area contributed by atoms with E-state index < -0.39 is 5.97 Å². The van der Waals surface area contributed by atoms with Gasteiger partial charge in [-0.3, -0.25) is 0 Å². The van der Waals surface area contributed by atoms with Crippen LogP contribution in [0.1, 0.15) is 6.92 Å². The van der Waals surface area contributed by atoms with Crippen molar-refractivity contribution in [2.75, 3.05) is 6.61 Å². The zero-order valence-electron chi connectivity index (χ0n) is 10.9. The monoisotopic (exact) mass is 292 g/mol.